The van der Waals surface area contributed by atoms with Crippen molar-refractivity contribution in [3.63, 3.8) is 0 Å². The monoisotopic (exact) mass is 726 g/mol. The van der Waals surface area contributed by atoms with Gasteiger partial charge in [0.1, 0.15) is 32.5 Å². The summed E-state index contributed by atoms with van der Waals surface area (Å²) in [6.45, 7) is 16.0. The van der Waals surface area contributed by atoms with Crippen molar-refractivity contribution < 1.29 is 17.9 Å². The van der Waals surface area contributed by atoms with Gasteiger partial charge >= 0.3 is 6.03 Å². The van der Waals surface area contributed by atoms with Crippen LogP contribution in [0.3, 0.4) is 0 Å². The number of benzene rings is 3. The summed E-state index contributed by atoms with van der Waals surface area (Å²) in [6.07, 6.45) is 1.83. The first-order chi connectivity index (χ1) is 23.0. The number of rotatable bonds is 9. The van der Waals surface area contributed by atoms with E-state index in [1.165, 1.54) is 6.26 Å². The molecule has 2 atom stereocenters. The maximum absolute atomic E-state index is 15.1. The molecule has 264 valence electrons. The molecule has 5 rings (SSSR count). The number of carbonyl (C=O) groups is 1. The van der Waals surface area contributed by atoms with E-state index in [-0.39, 0.29) is 17.2 Å². The summed E-state index contributed by atoms with van der Waals surface area (Å²) in [7, 11) is -3.03. The maximum Gasteiger partial charge on any atom is 0.326 e. The average Bonchev–Trinajstić information content (AvgIpc) is 3.28. The summed E-state index contributed by atoms with van der Waals surface area (Å²) < 4.78 is 29.7. The van der Waals surface area contributed by atoms with Gasteiger partial charge in [0.2, 0.25) is 0 Å². The summed E-state index contributed by atoms with van der Waals surface area (Å²) in [4.78, 5) is 26.6. The zero-order valence-electron chi connectivity index (χ0n) is 29.6. The van der Waals surface area contributed by atoms with Gasteiger partial charge in [-0.15, -0.1) is 0 Å². The van der Waals surface area contributed by atoms with Crippen molar-refractivity contribution in [2.75, 3.05) is 51.3 Å². The van der Waals surface area contributed by atoms with Crippen LogP contribution >= 0.6 is 23.2 Å². The smallest absolute Gasteiger partial charge is 0.326 e. The third kappa shape index (κ3) is 7.65. The number of sulfone groups is 1. The van der Waals surface area contributed by atoms with Crippen molar-refractivity contribution in [3.05, 3.63) is 99.0 Å². The van der Waals surface area contributed by atoms with Crippen LogP contribution < -0.4 is 4.74 Å². The van der Waals surface area contributed by atoms with E-state index in [0.29, 0.717) is 67.4 Å². The van der Waals surface area contributed by atoms with Gasteiger partial charge in [-0.3, -0.25) is 14.8 Å². The average molecular weight is 728 g/mol. The lowest BCUT2D eigenvalue weighted by Gasteiger charge is -2.47. The first-order valence-electron chi connectivity index (χ1n) is 16.9. The van der Waals surface area contributed by atoms with E-state index in [0.717, 1.165) is 22.3 Å². The highest BCUT2D eigenvalue weighted by Crippen LogP contribution is 2.54. The lowest BCUT2D eigenvalue weighted by Crippen LogP contribution is -2.60. The van der Waals surface area contributed by atoms with Gasteiger partial charge in [-0.2, -0.15) is 0 Å². The number of nitrogens with zero attached hydrogens (tertiary/aromatic N) is 4. The second kappa shape index (κ2) is 14.3. The first-order valence-corrected chi connectivity index (χ1v) is 19.7. The van der Waals surface area contributed by atoms with Gasteiger partial charge < -0.3 is 9.64 Å². The lowest BCUT2D eigenvalue weighted by molar-refractivity contribution is 0.0868. The predicted molar refractivity (Wildman–Crippen MR) is 200 cm³/mol. The Morgan fingerprint density at radius 2 is 1.47 bits per heavy atom. The zero-order chi connectivity index (χ0) is 35.8. The number of amides is 2. The molecule has 2 aliphatic rings. The second-order valence-corrected chi connectivity index (χ2v) is 17.6. The van der Waals surface area contributed by atoms with Crippen molar-refractivity contribution in [2.24, 2.45) is 4.99 Å². The lowest BCUT2D eigenvalue weighted by atomic mass is 9.71. The SMILES string of the molecule is CCOc1cc(C(C)(C)C)ccc1C1=N[C@](C)(c2ccc(Cl)cc2)[C@](C)(c2ccc(Cl)cc2)N1C(=O)N1CCN(CCCS(C)(=O)=O)CC1. The Kier molecular flexibility index (Phi) is 10.8. The molecule has 0 unspecified atom stereocenters. The van der Waals surface area contributed by atoms with Gasteiger partial charge in [-0.25, -0.2) is 13.2 Å². The molecule has 0 aliphatic carbocycles. The highest BCUT2D eigenvalue weighted by molar-refractivity contribution is 7.90. The highest BCUT2D eigenvalue weighted by Gasteiger charge is 2.60. The Morgan fingerprint density at radius 1 is 0.898 bits per heavy atom. The summed E-state index contributed by atoms with van der Waals surface area (Å²) in [5.74, 6) is 1.35. The molecule has 3 aromatic rings. The molecule has 11 heteroatoms. The third-order valence-corrected chi connectivity index (χ3v) is 11.5. The van der Waals surface area contributed by atoms with E-state index >= 15 is 4.79 Å². The number of halogens is 2. The largest absolute Gasteiger partial charge is 0.493 e. The van der Waals surface area contributed by atoms with Crippen molar-refractivity contribution >= 4 is 44.9 Å². The minimum Gasteiger partial charge on any atom is -0.493 e. The quantitative estimate of drug-likeness (QED) is 0.225. The molecule has 1 fully saturated rings. The van der Waals surface area contributed by atoms with Crippen LogP contribution in [0.4, 0.5) is 4.79 Å². The molecule has 0 spiro atoms. The molecule has 8 nitrogen and oxygen atoms in total. The van der Waals surface area contributed by atoms with E-state index in [9.17, 15) is 8.42 Å². The molecule has 2 heterocycles. The minimum absolute atomic E-state index is 0.117. The Balaban J connectivity index is 1.65. The molecule has 2 aliphatic heterocycles. The van der Waals surface area contributed by atoms with Crippen molar-refractivity contribution in [1.29, 1.82) is 0 Å². The normalized spacial score (nSPS) is 21.9. The molecule has 49 heavy (non-hydrogen) atoms. The van der Waals surface area contributed by atoms with Gasteiger partial charge in [0, 0.05) is 42.5 Å². The fourth-order valence-corrected chi connectivity index (χ4v) is 7.78. The van der Waals surface area contributed by atoms with E-state index < -0.39 is 20.9 Å². The van der Waals surface area contributed by atoms with Crippen LogP contribution in [0.25, 0.3) is 0 Å². The Bertz CT molecular complexity index is 1800. The van der Waals surface area contributed by atoms with E-state index in [1.54, 1.807) is 0 Å². The minimum atomic E-state index is -3.03. The molecule has 0 radical (unpaired) electrons. The van der Waals surface area contributed by atoms with E-state index in [2.05, 4.69) is 51.7 Å². The summed E-state index contributed by atoms with van der Waals surface area (Å²) in [5.41, 5.74) is 1.57. The molecule has 0 aromatic heterocycles. The maximum atomic E-state index is 15.1. The predicted octanol–water partition coefficient (Wildman–Crippen LogP) is 7.75. The van der Waals surface area contributed by atoms with Gasteiger partial charge in [0.15, 0.2) is 0 Å². The number of aliphatic imine (C=N–C) groups is 1. The van der Waals surface area contributed by atoms with Gasteiger partial charge in [-0.1, -0.05) is 74.3 Å². The number of piperazine rings is 1. The number of hydrogen-bond acceptors (Lipinski definition) is 6. The van der Waals surface area contributed by atoms with Crippen molar-refractivity contribution in [2.45, 2.75) is 64.5 Å². The number of urea groups is 1. The number of hydrogen-bond donors (Lipinski definition) is 0. The standard InChI is InChI=1S/C38H48Cl2N4O4S/c1-8-48-33-26-29(36(2,3)4)14-19-32(33)34-41-37(5,27-10-15-30(39)16-11-27)38(6,28-12-17-31(40)18-13-28)44(34)35(45)43-23-21-42(22-24-43)20-9-25-49(7,46)47/h10-19,26H,8-9,20-25H2,1-7H3/t37-,38+/m1/s1. The molecular weight excluding hydrogens is 679 g/mol. The molecule has 0 N–H and O–H groups in total. The third-order valence-electron chi connectivity index (χ3n) is 9.96. The van der Waals surface area contributed by atoms with Crippen LogP contribution in [0.1, 0.15) is 70.2 Å². The van der Waals surface area contributed by atoms with Crippen LogP contribution in [0.5, 0.6) is 5.75 Å². The fourth-order valence-electron chi connectivity index (χ4n) is 6.87. The second-order valence-electron chi connectivity index (χ2n) is 14.4. The van der Waals surface area contributed by atoms with Gasteiger partial charge in [0.25, 0.3) is 0 Å². The number of carbonyl (C=O) groups excluding carboxylic acids is 1. The number of amidine groups is 1. The molecule has 0 saturated carbocycles. The van der Waals surface area contributed by atoms with Crippen LogP contribution in [0, 0.1) is 0 Å². The van der Waals surface area contributed by atoms with E-state index in [4.69, 9.17) is 32.9 Å². The highest BCUT2D eigenvalue weighted by atomic mass is 35.5. The Labute approximate surface area is 302 Å². The fraction of sp³-hybridized carbons (Fsp3) is 0.474. The molecule has 3 aromatic carbocycles. The van der Waals surface area contributed by atoms with Crippen molar-refractivity contribution in [1.82, 2.24) is 14.7 Å². The van der Waals surface area contributed by atoms with Crippen LogP contribution in [-0.4, -0.2) is 86.3 Å². The molecule has 1 saturated heterocycles. The van der Waals surface area contributed by atoms with E-state index in [1.807, 2.05) is 71.3 Å². The summed E-state index contributed by atoms with van der Waals surface area (Å²) >= 11 is 12.8. The zero-order valence-corrected chi connectivity index (χ0v) is 31.9. The van der Waals surface area contributed by atoms with Gasteiger partial charge in [-0.05, 0) is 92.2 Å². The number of ether oxygens (including phenoxy) is 1. The Hall–Kier alpha value is -3.11. The van der Waals surface area contributed by atoms with Crippen LogP contribution in [0.15, 0.2) is 71.7 Å². The summed E-state index contributed by atoms with van der Waals surface area (Å²) in [5, 5.41) is 1.21. The summed E-state index contributed by atoms with van der Waals surface area (Å²) in [6, 6.07) is 21.4. The molecular formula is C38H48Cl2N4O4S. The Morgan fingerprint density at radius 3 is 2.00 bits per heavy atom. The topological polar surface area (TPSA) is 82.5 Å². The molecule has 2 amide bonds. The van der Waals surface area contributed by atoms with Crippen LogP contribution in [0.2, 0.25) is 10.0 Å². The molecule has 0 bridgehead atoms. The first kappa shape index (κ1) is 37.2. The van der Waals surface area contributed by atoms with Crippen molar-refractivity contribution in [3.8, 4) is 5.75 Å². The van der Waals surface area contributed by atoms with Gasteiger partial charge in [0.05, 0.1) is 17.9 Å². The van der Waals surface area contributed by atoms with Crippen LogP contribution in [-0.2, 0) is 26.3 Å².